The van der Waals surface area contributed by atoms with E-state index in [0.29, 0.717) is 25.6 Å². The van der Waals surface area contributed by atoms with E-state index < -0.39 is 20.7 Å². The van der Waals surface area contributed by atoms with Crippen LogP contribution >= 0.6 is 11.6 Å². The number of amides is 1. The van der Waals surface area contributed by atoms with Gasteiger partial charge in [0, 0.05) is 38.1 Å². The summed E-state index contributed by atoms with van der Waals surface area (Å²) < 4.78 is 43.8. The third kappa shape index (κ3) is 5.78. The lowest BCUT2D eigenvalue weighted by Gasteiger charge is -2.37. The van der Waals surface area contributed by atoms with E-state index in [9.17, 15) is 17.6 Å². The van der Waals surface area contributed by atoms with Crippen molar-refractivity contribution in [3.8, 4) is 0 Å². The van der Waals surface area contributed by atoms with Gasteiger partial charge in [-0.15, -0.1) is 0 Å². The van der Waals surface area contributed by atoms with Crippen molar-refractivity contribution in [1.29, 1.82) is 0 Å². The minimum atomic E-state index is -4.23. The molecule has 2 aliphatic heterocycles. The van der Waals surface area contributed by atoms with Crippen molar-refractivity contribution in [3.63, 3.8) is 0 Å². The molecule has 0 unspecified atom stereocenters. The largest absolute Gasteiger partial charge is 0.336 e. The van der Waals surface area contributed by atoms with Gasteiger partial charge in [-0.05, 0) is 49.1 Å². The minimum Gasteiger partial charge on any atom is -0.336 e. The van der Waals surface area contributed by atoms with Gasteiger partial charge >= 0.3 is 0 Å². The molecule has 1 atom stereocenters. The van der Waals surface area contributed by atoms with Crippen molar-refractivity contribution in [2.24, 2.45) is 0 Å². The molecule has 0 radical (unpaired) electrons. The maximum atomic E-state index is 14.9. The molecule has 5 rings (SSSR count). The van der Waals surface area contributed by atoms with Gasteiger partial charge in [0.05, 0.1) is 10.6 Å². The van der Waals surface area contributed by atoms with Crippen LogP contribution in [0.25, 0.3) is 0 Å². The van der Waals surface area contributed by atoms with E-state index in [2.05, 4.69) is 9.62 Å². The Balaban J connectivity index is 1.32. The number of nitrogens with zero attached hydrogens (tertiary/aromatic N) is 2. The van der Waals surface area contributed by atoms with E-state index in [1.807, 2.05) is 60.7 Å². The Kier molecular flexibility index (Phi) is 8.14. The van der Waals surface area contributed by atoms with Crippen molar-refractivity contribution in [1.82, 2.24) is 14.5 Å². The van der Waals surface area contributed by atoms with Gasteiger partial charge in [0.25, 0.3) is 5.91 Å². The number of hydrogen-bond acceptors (Lipinski definition) is 4. The molecule has 2 aliphatic rings. The van der Waals surface area contributed by atoms with Crippen molar-refractivity contribution < 1.29 is 17.6 Å². The van der Waals surface area contributed by atoms with Gasteiger partial charge in [0.2, 0.25) is 10.0 Å². The number of nitrogens with one attached hydrogen (secondary N) is 1. The van der Waals surface area contributed by atoms with Crippen LogP contribution in [0.4, 0.5) is 4.39 Å². The zero-order valence-corrected chi connectivity index (χ0v) is 22.6. The molecular formula is C29H31ClFN3O3S. The fourth-order valence-corrected chi connectivity index (χ4v) is 6.92. The van der Waals surface area contributed by atoms with Gasteiger partial charge in [-0.1, -0.05) is 72.3 Å². The van der Waals surface area contributed by atoms with Gasteiger partial charge < -0.3 is 4.90 Å². The Morgan fingerprint density at radius 3 is 2.32 bits per heavy atom. The number of rotatable bonds is 8. The first-order valence-electron chi connectivity index (χ1n) is 13.0. The van der Waals surface area contributed by atoms with Gasteiger partial charge in [-0.3, -0.25) is 9.69 Å². The summed E-state index contributed by atoms with van der Waals surface area (Å²) in [4.78, 5) is 16.8. The number of sulfonamides is 1. The third-order valence-corrected chi connectivity index (χ3v) is 9.33. The molecule has 3 aromatic rings. The molecule has 38 heavy (non-hydrogen) atoms. The van der Waals surface area contributed by atoms with E-state index in [0.717, 1.165) is 49.2 Å². The molecule has 2 saturated heterocycles. The normalized spacial score (nSPS) is 18.1. The van der Waals surface area contributed by atoms with Crippen LogP contribution in [-0.4, -0.2) is 62.9 Å². The summed E-state index contributed by atoms with van der Waals surface area (Å²) >= 11 is 6.25. The molecule has 3 aromatic carbocycles. The zero-order valence-electron chi connectivity index (χ0n) is 21.0. The molecule has 0 aliphatic carbocycles. The lowest BCUT2D eigenvalue weighted by atomic mass is 9.89. The number of piperazine rings is 1. The Labute approximate surface area is 228 Å². The summed E-state index contributed by atoms with van der Waals surface area (Å²) in [5, 5.41) is -0.0893. The highest BCUT2D eigenvalue weighted by Gasteiger charge is 2.34. The third-order valence-electron chi connectivity index (χ3n) is 7.55. The molecule has 1 amide bonds. The van der Waals surface area contributed by atoms with Crippen molar-refractivity contribution in [2.45, 2.75) is 36.1 Å². The van der Waals surface area contributed by atoms with Gasteiger partial charge in [-0.2, -0.15) is 0 Å². The predicted octanol–water partition coefficient (Wildman–Crippen LogP) is 4.90. The Hall–Kier alpha value is -2.78. The molecule has 9 heteroatoms. The van der Waals surface area contributed by atoms with Crippen molar-refractivity contribution >= 4 is 27.5 Å². The molecule has 2 heterocycles. The standard InChI is InChI=1S/C29H31ClFN3O3S/c30-26-19-27(31)28(18-25(26)29(35)34-17-16-33-15-7-12-23(33)20-34)38(36,37)32-14-13-24(21-8-3-1-4-9-21)22-10-5-2-6-11-22/h1-6,8-11,18-19,23-24,32H,7,12-17,20H2/t23-/m0/s1. The van der Waals surface area contributed by atoms with Crippen molar-refractivity contribution in [2.75, 3.05) is 32.7 Å². The first kappa shape index (κ1) is 26.8. The number of carbonyl (C=O) groups is 1. The Morgan fingerprint density at radius 1 is 1.00 bits per heavy atom. The first-order valence-corrected chi connectivity index (χ1v) is 14.8. The molecule has 0 saturated carbocycles. The van der Waals surface area contributed by atoms with E-state index in [-0.39, 0.29) is 29.0 Å². The van der Waals surface area contributed by atoms with E-state index in [1.54, 1.807) is 4.90 Å². The Morgan fingerprint density at radius 2 is 1.66 bits per heavy atom. The van der Waals surface area contributed by atoms with Gasteiger partial charge in [-0.25, -0.2) is 17.5 Å². The number of benzene rings is 3. The van der Waals surface area contributed by atoms with Crippen LogP contribution in [0.15, 0.2) is 77.7 Å². The highest BCUT2D eigenvalue weighted by molar-refractivity contribution is 7.89. The molecule has 1 N–H and O–H groups in total. The van der Waals surface area contributed by atoms with E-state index in [4.69, 9.17) is 11.6 Å². The smallest absolute Gasteiger partial charge is 0.255 e. The second-order valence-corrected chi connectivity index (χ2v) is 12.0. The monoisotopic (exact) mass is 555 g/mol. The van der Waals surface area contributed by atoms with E-state index >= 15 is 0 Å². The van der Waals surface area contributed by atoms with Gasteiger partial charge in [0.15, 0.2) is 0 Å². The molecule has 0 bridgehead atoms. The van der Waals surface area contributed by atoms with Crippen LogP contribution in [0, 0.1) is 5.82 Å². The van der Waals surface area contributed by atoms with Crippen LogP contribution < -0.4 is 4.72 Å². The van der Waals surface area contributed by atoms with Crippen LogP contribution in [0.1, 0.15) is 46.7 Å². The lowest BCUT2D eigenvalue weighted by molar-refractivity contribution is 0.0571. The summed E-state index contributed by atoms with van der Waals surface area (Å²) in [6, 6.07) is 22.0. The van der Waals surface area contributed by atoms with Crippen LogP contribution in [0.2, 0.25) is 5.02 Å². The molecule has 0 spiro atoms. The molecule has 0 aromatic heterocycles. The van der Waals surface area contributed by atoms with Gasteiger partial charge in [0.1, 0.15) is 10.7 Å². The second kappa shape index (κ2) is 11.5. The van der Waals surface area contributed by atoms with Crippen molar-refractivity contribution in [3.05, 3.63) is 100 Å². The summed E-state index contributed by atoms with van der Waals surface area (Å²) in [5.74, 6) is -1.39. The minimum absolute atomic E-state index is 0.00587. The summed E-state index contributed by atoms with van der Waals surface area (Å²) in [5.41, 5.74) is 2.13. The van der Waals surface area contributed by atoms with Crippen LogP contribution in [0.5, 0.6) is 0 Å². The fraction of sp³-hybridized carbons (Fsp3) is 0.345. The van der Waals surface area contributed by atoms with Crippen LogP contribution in [0.3, 0.4) is 0 Å². The quantitative estimate of drug-likeness (QED) is 0.429. The lowest BCUT2D eigenvalue weighted by Crippen LogP contribution is -2.52. The number of halogens is 2. The Bertz CT molecular complexity index is 1350. The maximum Gasteiger partial charge on any atom is 0.255 e. The maximum absolute atomic E-state index is 14.9. The number of hydrogen-bond donors (Lipinski definition) is 1. The summed E-state index contributed by atoms with van der Waals surface area (Å²) in [6.45, 7) is 2.99. The first-order chi connectivity index (χ1) is 18.3. The molecular weight excluding hydrogens is 525 g/mol. The highest BCUT2D eigenvalue weighted by atomic mass is 35.5. The molecule has 200 valence electrons. The zero-order chi connectivity index (χ0) is 26.7. The molecule has 6 nitrogen and oxygen atoms in total. The molecule has 2 fully saturated rings. The predicted molar refractivity (Wildman–Crippen MR) is 146 cm³/mol. The fourth-order valence-electron chi connectivity index (χ4n) is 5.56. The van der Waals surface area contributed by atoms with E-state index in [1.165, 1.54) is 0 Å². The summed E-state index contributed by atoms with van der Waals surface area (Å²) in [6.07, 6.45) is 2.60. The average Bonchev–Trinajstić information content (AvgIpc) is 3.40. The number of fused-ring (bicyclic) bond motifs is 1. The second-order valence-electron chi connectivity index (χ2n) is 9.91. The average molecular weight is 556 g/mol. The SMILES string of the molecule is O=C(c1cc(S(=O)(=O)NCCC(c2ccccc2)c2ccccc2)c(F)cc1Cl)N1CCN2CCC[C@H]2C1. The number of carbonyl (C=O) groups excluding carboxylic acids is 1. The van der Waals surface area contributed by atoms with Crippen LogP contribution in [-0.2, 0) is 10.0 Å². The highest BCUT2D eigenvalue weighted by Crippen LogP contribution is 2.30. The summed E-state index contributed by atoms with van der Waals surface area (Å²) in [7, 11) is -4.23. The topological polar surface area (TPSA) is 69.7 Å².